The maximum Gasteiger partial charge on any atom is 0.280 e. The van der Waals surface area contributed by atoms with Crippen molar-refractivity contribution in [2.75, 3.05) is 0 Å². The van der Waals surface area contributed by atoms with Crippen molar-refractivity contribution < 1.29 is 8.42 Å². The van der Waals surface area contributed by atoms with Crippen molar-refractivity contribution in [2.45, 2.75) is 50.6 Å². The molecule has 17 heavy (non-hydrogen) atoms. The monoisotopic (exact) mass is 276 g/mol. The van der Waals surface area contributed by atoms with E-state index in [-0.39, 0.29) is 5.03 Å². The zero-order valence-corrected chi connectivity index (χ0v) is 11.5. The molecular weight excluding hydrogens is 260 g/mol. The fourth-order valence-corrected chi connectivity index (χ4v) is 2.77. The van der Waals surface area contributed by atoms with Crippen LogP contribution < -0.4 is 0 Å². The molecule has 1 aromatic rings. The molecule has 1 aromatic heterocycles. The van der Waals surface area contributed by atoms with Crippen molar-refractivity contribution in [1.29, 1.82) is 0 Å². The molecule has 1 fully saturated rings. The number of nitrogens with zero attached hydrogens (tertiary/aromatic N) is 2. The van der Waals surface area contributed by atoms with Crippen LogP contribution >= 0.6 is 10.7 Å². The molecule has 0 radical (unpaired) electrons. The fraction of sp³-hybridized carbons (Fsp3) is 0.727. The average Bonchev–Trinajstić information content (AvgIpc) is 2.55. The van der Waals surface area contributed by atoms with Gasteiger partial charge in [0.05, 0.1) is 0 Å². The number of hydrogen-bond donors (Lipinski definition) is 0. The molecule has 1 saturated carbocycles. The van der Waals surface area contributed by atoms with Crippen LogP contribution in [0.15, 0.2) is 11.2 Å². The third kappa shape index (κ3) is 3.01. The molecule has 6 heteroatoms. The molecule has 0 saturated heterocycles. The van der Waals surface area contributed by atoms with Gasteiger partial charge in [0.15, 0.2) is 5.03 Å². The lowest BCUT2D eigenvalue weighted by Gasteiger charge is -2.26. The zero-order valence-electron chi connectivity index (χ0n) is 9.89. The minimum atomic E-state index is -3.71. The number of aromatic nitrogens is 2. The highest BCUT2D eigenvalue weighted by Gasteiger charge is 2.22. The Morgan fingerprint density at radius 2 is 2.24 bits per heavy atom. The van der Waals surface area contributed by atoms with Gasteiger partial charge in [-0.05, 0) is 25.2 Å². The number of halogens is 1. The quantitative estimate of drug-likeness (QED) is 0.777. The van der Waals surface area contributed by atoms with Gasteiger partial charge in [-0.15, -0.1) is 0 Å². The molecule has 4 nitrogen and oxygen atoms in total. The van der Waals surface area contributed by atoms with Crippen molar-refractivity contribution in [1.82, 2.24) is 9.55 Å². The summed E-state index contributed by atoms with van der Waals surface area (Å²) in [5, 5.41) is -0.0121. The van der Waals surface area contributed by atoms with Gasteiger partial charge >= 0.3 is 0 Å². The first-order chi connectivity index (χ1) is 8.00. The molecule has 96 valence electrons. The Balaban J connectivity index is 2.24. The van der Waals surface area contributed by atoms with Gasteiger partial charge in [0.25, 0.3) is 9.05 Å². The minimum absolute atomic E-state index is 0.0121. The summed E-state index contributed by atoms with van der Waals surface area (Å²) in [5.41, 5.74) is 0. The van der Waals surface area contributed by atoms with Gasteiger partial charge in [-0.25, -0.2) is 13.4 Å². The standard InChI is InChI=1S/C11H17ClN2O2S/c1-2-4-10-13-11(17(12,15)16)8-14(10)7-9-5-3-6-9/h8-9H,2-7H2,1H3. The Hall–Kier alpha value is -0.550. The van der Waals surface area contributed by atoms with Crippen LogP contribution in [0.2, 0.25) is 0 Å². The first kappa shape index (κ1) is 12.9. The molecule has 0 amide bonds. The second-order valence-electron chi connectivity index (χ2n) is 4.63. The number of rotatable bonds is 5. The fourth-order valence-electron chi connectivity index (χ4n) is 2.08. The third-order valence-electron chi connectivity index (χ3n) is 3.24. The lowest BCUT2D eigenvalue weighted by Crippen LogP contribution is -2.19. The molecule has 0 unspecified atom stereocenters. The van der Waals surface area contributed by atoms with Gasteiger partial charge < -0.3 is 4.57 Å². The Bertz CT molecular complexity index is 492. The largest absolute Gasteiger partial charge is 0.333 e. The van der Waals surface area contributed by atoms with Crippen LogP contribution in [-0.2, 0) is 22.0 Å². The second-order valence-corrected chi connectivity index (χ2v) is 7.15. The van der Waals surface area contributed by atoms with Crippen molar-refractivity contribution in [3.8, 4) is 0 Å². The van der Waals surface area contributed by atoms with Gasteiger partial charge in [-0.2, -0.15) is 0 Å². The summed E-state index contributed by atoms with van der Waals surface area (Å²) < 4.78 is 24.5. The van der Waals surface area contributed by atoms with Crippen LogP contribution in [0.25, 0.3) is 0 Å². The maximum absolute atomic E-state index is 11.3. The highest BCUT2D eigenvalue weighted by atomic mass is 35.7. The van der Waals surface area contributed by atoms with E-state index in [1.807, 2.05) is 4.57 Å². The molecule has 0 aromatic carbocycles. The smallest absolute Gasteiger partial charge is 0.280 e. The van der Waals surface area contributed by atoms with Crippen LogP contribution in [0, 0.1) is 5.92 Å². The molecule has 0 N–H and O–H groups in total. The molecule has 1 heterocycles. The Kier molecular flexibility index (Phi) is 3.78. The van der Waals surface area contributed by atoms with E-state index in [0.717, 1.165) is 25.2 Å². The van der Waals surface area contributed by atoms with E-state index in [1.165, 1.54) is 19.3 Å². The summed E-state index contributed by atoms with van der Waals surface area (Å²) in [4.78, 5) is 4.13. The summed E-state index contributed by atoms with van der Waals surface area (Å²) in [6, 6.07) is 0. The molecule has 1 aliphatic rings. The first-order valence-electron chi connectivity index (χ1n) is 6.01. The van der Waals surface area contributed by atoms with Crippen LogP contribution in [0.4, 0.5) is 0 Å². The van der Waals surface area contributed by atoms with E-state index >= 15 is 0 Å². The van der Waals surface area contributed by atoms with E-state index in [2.05, 4.69) is 11.9 Å². The Morgan fingerprint density at radius 3 is 2.71 bits per heavy atom. The summed E-state index contributed by atoms with van der Waals surface area (Å²) in [5.74, 6) is 1.50. The topological polar surface area (TPSA) is 52.0 Å². The van der Waals surface area contributed by atoms with Crippen LogP contribution in [0.5, 0.6) is 0 Å². The van der Waals surface area contributed by atoms with Crippen LogP contribution in [-0.4, -0.2) is 18.0 Å². The van der Waals surface area contributed by atoms with Crippen molar-refractivity contribution in [3.63, 3.8) is 0 Å². The van der Waals surface area contributed by atoms with Crippen molar-refractivity contribution in [3.05, 3.63) is 12.0 Å². The van der Waals surface area contributed by atoms with E-state index in [9.17, 15) is 8.42 Å². The summed E-state index contributed by atoms with van der Waals surface area (Å²) in [6.07, 6.45) is 7.05. The summed E-state index contributed by atoms with van der Waals surface area (Å²) in [6.45, 7) is 2.92. The molecule has 1 aliphatic carbocycles. The van der Waals surface area contributed by atoms with Crippen molar-refractivity contribution in [2.24, 2.45) is 5.92 Å². The number of hydrogen-bond acceptors (Lipinski definition) is 3. The van der Waals surface area contributed by atoms with E-state index in [4.69, 9.17) is 10.7 Å². The van der Waals surface area contributed by atoms with Gasteiger partial charge in [-0.1, -0.05) is 13.3 Å². The third-order valence-corrected chi connectivity index (χ3v) is 4.41. The predicted molar refractivity (Wildman–Crippen MR) is 66.6 cm³/mol. The van der Waals surface area contributed by atoms with Gasteiger partial charge in [0.2, 0.25) is 0 Å². The van der Waals surface area contributed by atoms with Gasteiger partial charge in [0, 0.05) is 29.8 Å². The minimum Gasteiger partial charge on any atom is -0.333 e. The summed E-state index contributed by atoms with van der Waals surface area (Å²) in [7, 11) is 1.62. The summed E-state index contributed by atoms with van der Waals surface area (Å²) >= 11 is 0. The van der Waals surface area contributed by atoms with Crippen molar-refractivity contribution >= 4 is 19.7 Å². The zero-order chi connectivity index (χ0) is 12.5. The highest BCUT2D eigenvalue weighted by molar-refractivity contribution is 8.13. The molecule has 0 aliphatic heterocycles. The number of imidazole rings is 1. The van der Waals surface area contributed by atoms with Gasteiger partial charge in [0.1, 0.15) is 5.82 Å². The molecular formula is C11H17ClN2O2S. The average molecular weight is 277 g/mol. The first-order valence-corrected chi connectivity index (χ1v) is 8.32. The Labute approximate surface area is 106 Å². The molecule has 0 spiro atoms. The number of aryl methyl sites for hydroxylation is 1. The Morgan fingerprint density at radius 1 is 1.53 bits per heavy atom. The normalized spacial score (nSPS) is 17.1. The molecule has 0 atom stereocenters. The van der Waals surface area contributed by atoms with Gasteiger partial charge in [-0.3, -0.25) is 0 Å². The SMILES string of the molecule is CCCc1nc(S(=O)(=O)Cl)cn1CC1CCC1. The predicted octanol–water partition coefficient (Wildman–Crippen LogP) is 2.56. The van der Waals surface area contributed by atoms with Crippen LogP contribution in [0.3, 0.4) is 0 Å². The lowest BCUT2D eigenvalue weighted by molar-refractivity contribution is 0.273. The lowest BCUT2D eigenvalue weighted by atomic mass is 9.85. The van der Waals surface area contributed by atoms with Crippen LogP contribution in [0.1, 0.15) is 38.4 Å². The van der Waals surface area contributed by atoms with E-state index in [0.29, 0.717) is 5.92 Å². The molecule has 0 bridgehead atoms. The highest BCUT2D eigenvalue weighted by Crippen LogP contribution is 2.29. The molecule has 2 rings (SSSR count). The maximum atomic E-state index is 11.3. The van der Waals surface area contributed by atoms with E-state index in [1.54, 1.807) is 6.20 Å². The van der Waals surface area contributed by atoms with E-state index < -0.39 is 9.05 Å². The second kappa shape index (κ2) is 4.98.